The topological polar surface area (TPSA) is 15.3 Å². The van der Waals surface area contributed by atoms with Crippen LogP contribution in [0.2, 0.25) is 0 Å². The summed E-state index contributed by atoms with van der Waals surface area (Å²) in [5.74, 6) is 2.75. The molecular formula is C15H24N2S. The third-order valence-corrected chi connectivity index (χ3v) is 3.96. The minimum Gasteiger partial charge on any atom is -0.312 e. The van der Waals surface area contributed by atoms with Crippen molar-refractivity contribution in [2.24, 2.45) is 0 Å². The van der Waals surface area contributed by atoms with E-state index in [-0.39, 0.29) is 0 Å². The molecule has 0 saturated heterocycles. The molecular weight excluding hydrogens is 240 g/mol. The Morgan fingerprint density at radius 1 is 1.44 bits per heavy atom. The minimum absolute atomic E-state index is 0.742. The summed E-state index contributed by atoms with van der Waals surface area (Å²) >= 11 is 1.89. The van der Waals surface area contributed by atoms with E-state index in [0.29, 0.717) is 0 Å². The summed E-state index contributed by atoms with van der Waals surface area (Å²) in [5.41, 5.74) is 1.43. The number of hydrogen-bond acceptors (Lipinski definition) is 3. The van der Waals surface area contributed by atoms with Crippen molar-refractivity contribution in [3.8, 4) is 12.3 Å². The molecule has 0 radical (unpaired) electrons. The highest BCUT2D eigenvalue weighted by Gasteiger charge is 2.09. The summed E-state index contributed by atoms with van der Waals surface area (Å²) in [6.45, 7) is 11.3. The van der Waals surface area contributed by atoms with Crippen LogP contribution >= 0.6 is 11.3 Å². The van der Waals surface area contributed by atoms with E-state index in [1.807, 2.05) is 11.3 Å². The highest BCUT2D eigenvalue weighted by molar-refractivity contribution is 7.12. The molecule has 0 aliphatic heterocycles. The minimum atomic E-state index is 0.742. The zero-order valence-electron chi connectivity index (χ0n) is 11.8. The van der Waals surface area contributed by atoms with Gasteiger partial charge in [-0.2, -0.15) is 0 Å². The van der Waals surface area contributed by atoms with Crippen molar-refractivity contribution in [3.63, 3.8) is 0 Å². The predicted molar refractivity (Wildman–Crippen MR) is 80.8 cm³/mol. The van der Waals surface area contributed by atoms with Gasteiger partial charge in [0.1, 0.15) is 0 Å². The Morgan fingerprint density at radius 3 is 2.83 bits per heavy atom. The lowest BCUT2D eigenvalue weighted by atomic mass is 10.2. The van der Waals surface area contributed by atoms with Crippen LogP contribution in [0.15, 0.2) is 6.07 Å². The van der Waals surface area contributed by atoms with Gasteiger partial charge in [-0.05, 0) is 38.1 Å². The summed E-state index contributed by atoms with van der Waals surface area (Å²) in [6, 6.07) is 2.32. The zero-order chi connectivity index (χ0) is 13.4. The second-order valence-corrected chi connectivity index (χ2v) is 5.83. The summed E-state index contributed by atoms with van der Waals surface area (Å²) in [7, 11) is 0. The van der Waals surface area contributed by atoms with E-state index >= 15 is 0 Å². The lowest BCUT2D eigenvalue weighted by Gasteiger charge is -2.18. The Labute approximate surface area is 115 Å². The van der Waals surface area contributed by atoms with E-state index in [1.54, 1.807) is 0 Å². The molecule has 100 valence electrons. The van der Waals surface area contributed by atoms with Crippen molar-refractivity contribution in [1.82, 2.24) is 10.2 Å². The molecule has 0 fully saturated rings. The largest absolute Gasteiger partial charge is 0.312 e. The van der Waals surface area contributed by atoms with E-state index in [2.05, 4.69) is 43.0 Å². The van der Waals surface area contributed by atoms with Gasteiger partial charge in [0.25, 0.3) is 0 Å². The van der Waals surface area contributed by atoms with E-state index in [0.717, 1.165) is 39.1 Å². The molecule has 0 amide bonds. The average Bonchev–Trinajstić information content (AvgIpc) is 2.68. The third-order valence-electron chi connectivity index (χ3n) is 2.87. The first kappa shape index (κ1) is 15.2. The molecule has 0 aromatic carbocycles. The highest BCUT2D eigenvalue weighted by Crippen LogP contribution is 2.23. The Kier molecular flexibility index (Phi) is 7.04. The number of aryl methyl sites for hydroxylation is 1. The lowest BCUT2D eigenvalue weighted by molar-refractivity contribution is 0.299. The van der Waals surface area contributed by atoms with Crippen LogP contribution in [0.4, 0.5) is 0 Å². The van der Waals surface area contributed by atoms with E-state index in [1.165, 1.54) is 15.3 Å². The number of terminal acetylenes is 1. The average molecular weight is 264 g/mol. The standard InChI is InChI=1S/C15H24N2S/c1-5-8-17(9-6-2)12-14-10-15(11-16-7-3)18-13(14)4/h1,10,16H,6-9,11-12H2,2-4H3. The molecule has 0 saturated carbocycles. The van der Waals surface area contributed by atoms with Crippen LogP contribution in [0, 0.1) is 19.3 Å². The summed E-state index contributed by atoms with van der Waals surface area (Å²) < 4.78 is 0. The van der Waals surface area contributed by atoms with Crippen molar-refractivity contribution in [1.29, 1.82) is 0 Å². The normalized spacial score (nSPS) is 10.8. The second kappa shape index (κ2) is 8.31. The summed E-state index contributed by atoms with van der Waals surface area (Å²) in [4.78, 5) is 5.18. The Morgan fingerprint density at radius 2 is 2.22 bits per heavy atom. The van der Waals surface area contributed by atoms with Crippen LogP contribution in [0.3, 0.4) is 0 Å². The summed E-state index contributed by atoms with van der Waals surface area (Å²) in [5, 5.41) is 3.37. The Hall–Kier alpha value is -0.820. The zero-order valence-corrected chi connectivity index (χ0v) is 12.6. The van der Waals surface area contributed by atoms with Crippen molar-refractivity contribution >= 4 is 11.3 Å². The van der Waals surface area contributed by atoms with Gasteiger partial charge in [0.05, 0.1) is 6.54 Å². The van der Waals surface area contributed by atoms with E-state index in [9.17, 15) is 0 Å². The van der Waals surface area contributed by atoms with Crippen LogP contribution in [0.1, 0.15) is 35.6 Å². The molecule has 0 bridgehead atoms. The fraction of sp³-hybridized carbons (Fsp3) is 0.600. The van der Waals surface area contributed by atoms with Gasteiger partial charge in [-0.15, -0.1) is 17.8 Å². The molecule has 3 heteroatoms. The maximum atomic E-state index is 5.42. The van der Waals surface area contributed by atoms with Crippen LogP contribution in [0.5, 0.6) is 0 Å². The maximum Gasteiger partial charge on any atom is 0.0601 e. The van der Waals surface area contributed by atoms with Gasteiger partial charge in [0.2, 0.25) is 0 Å². The number of rotatable bonds is 8. The molecule has 1 aromatic rings. The monoisotopic (exact) mass is 264 g/mol. The fourth-order valence-electron chi connectivity index (χ4n) is 1.98. The molecule has 0 aliphatic rings. The first-order valence-electron chi connectivity index (χ1n) is 6.65. The fourth-order valence-corrected chi connectivity index (χ4v) is 3.00. The van der Waals surface area contributed by atoms with Crippen LogP contribution in [0.25, 0.3) is 0 Å². The van der Waals surface area contributed by atoms with Gasteiger partial charge in [-0.1, -0.05) is 19.8 Å². The number of thiophene rings is 1. The quantitative estimate of drug-likeness (QED) is 0.726. The van der Waals surface area contributed by atoms with Gasteiger partial charge in [-0.25, -0.2) is 0 Å². The molecule has 0 unspecified atom stereocenters. The van der Waals surface area contributed by atoms with Gasteiger partial charge in [-0.3, -0.25) is 4.90 Å². The first-order chi connectivity index (χ1) is 8.71. The van der Waals surface area contributed by atoms with Gasteiger partial charge < -0.3 is 5.32 Å². The maximum absolute atomic E-state index is 5.42. The molecule has 18 heavy (non-hydrogen) atoms. The van der Waals surface area contributed by atoms with Crippen molar-refractivity contribution in [2.45, 2.75) is 40.3 Å². The molecule has 2 nitrogen and oxygen atoms in total. The molecule has 1 N–H and O–H groups in total. The molecule has 1 rings (SSSR count). The number of nitrogens with one attached hydrogen (secondary N) is 1. The van der Waals surface area contributed by atoms with Crippen molar-refractivity contribution < 1.29 is 0 Å². The highest BCUT2D eigenvalue weighted by atomic mass is 32.1. The molecule has 0 aliphatic carbocycles. The van der Waals surface area contributed by atoms with Crippen LogP contribution < -0.4 is 5.32 Å². The molecule has 0 atom stereocenters. The van der Waals surface area contributed by atoms with Crippen LogP contribution in [-0.4, -0.2) is 24.5 Å². The van der Waals surface area contributed by atoms with E-state index in [4.69, 9.17) is 6.42 Å². The van der Waals surface area contributed by atoms with Crippen LogP contribution in [-0.2, 0) is 13.1 Å². The smallest absolute Gasteiger partial charge is 0.0601 e. The predicted octanol–water partition coefficient (Wildman–Crippen LogP) is 3.01. The Balaban J connectivity index is 2.64. The van der Waals surface area contributed by atoms with Gasteiger partial charge in [0, 0.05) is 22.8 Å². The number of nitrogens with zero attached hydrogens (tertiary/aromatic N) is 1. The SMILES string of the molecule is C#CCN(CCC)Cc1cc(CNCC)sc1C. The third kappa shape index (κ3) is 4.81. The lowest BCUT2D eigenvalue weighted by Crippen LogP contribution is -2.24. The van der Waals surface area contributed by atoms with E-state index < -0.39 is 0 Å². The first-order valence-corrected chi connectivity index (χ1v) is 7.47. The Bertz CT molecular complexity index is 390. The van der Waals surface area contributed by atoms with Gasteiger partial charge >= 0.3 is 0 Å². The number of hydrogen-bond donors (Lipinski definition) is 1. The van der Waals surface area contributed by atoms with Crippen molar-refractivity contribution in [2.75, 3.05) is 19.6 Å². The molecule has 1 heterocycles. The summed E-state index contributed by atoms with van der Waals surface area (Å²) in [6.07, 6.45) is 6.57. The molecule has 0 spiro atoms. The molecule has 1 aromatic heterocycles. The van der Waals surface area contributed by atoms with Gasteiger partial charge in [0.15, 0.2) is 0 Å². The van der Waals surface area contributed by atoms with Crippen molar-refractivity contribution in [3.05, 3.63) is 21.4 Å². The second-order valence-electron chi connectivity index (χ2n) is 4.49.